The molecular formula is C15H31Cl2N. The van der Waals surface area contributed by atoms with Crippen LogP contribution in [0.5, 0.6) is 0 Å². The van der Waals surface area contributed by atoms with Gasteiger partial charge in [0.2, 0.25) is 0 Å². The summed E-state index contributed by atoms with van der Waals surface area (Å²) in [5, 5.41) is 3.49. The van der Waals surface area contributed by atoms with Crippen LogP contribution in [0.1, 0.15) is 70.6 Å². The summed E-state index contributed by atoms with van der Waals surface area (Å²) in [6.45, 7) is 2.16. The van der Waals surface area contributed by atoms with Crippen LogP contribution < -0.4 is 5.32 Å². The average Bonchev–Trinajstić information content (AvgIpc) is 2.32. The van der Waals surface area contributed by atoms with E-state index in [1.165, 1.54) is 77.2 Å². The van der Waals surface area contributed by atoms with E-state index in [1.54, 1.807) is 0 Å². The molecular weight excluding hydrogens is 265 g/mol. The molecule has 0 amide bonds. The molecule has 18 heavy (non-hydrogen) atoms. The van der Waals surface area contributed by atoms with E-state index < -0.39 is 0 Å². The second-order valence-electron chi connectivity index (χ2n) is 5.52. The number of hydrogen-bond acceptors (Lipinski definition) is 1. The van der Waals surface area contributed by atoms with Crippen LogP contribution in [0, 0.1) is 5.92 Å². The molecule has 1 nitrogen and oxygen atoms in total. The highest BCUT2D eigenvalue weighted by atomic mass is 35.5. The number of alkyl halides is 1. The maximum absolute atomic E-state index is 5.70. The summed E-state index contributed by atoms with van der Waals surface area (Å²) in [4.78, 5) is 0. The van der Waals surface area contributed by atoms with Crippen LogP contribution in [0.4, 0.5) is 0 Å². The smallest absolute Gasteiger partial charge is 0.0348 e. The van der Waals surface area contributed by atoms with Crippen molar-refractivity contribution in [2.75, 3.05) is 19.0 Å². The average molecular weight is 296 g/mol. The molecule has 0 aromatic rings. The Kier molecular flexibility index (Phi) is 14.4. The molecule has 1 rings (SSSR count). The lowest BCUT2D eigenvalue weighted by molar-refractivity contribution is 0.379. The summed E-state index contributed by atoms with van der Waals surface area (Å²) in [6.07, 6.45) is 16.0. The van der Waals surface area contributed by atoms with Crippen molar-refractivity contribution in [3.05, 3.63) is 0 Å². The predicted molar refractivity (Wildman–Crippen MR) is 85.1 cm³/mol. The number of halogens is 2. The third-order valence-electron chi connectivity index (χ3n) is 3.93. The van der Waals surface area contributed by atoms with Crippen molar-refractivity contribution in [3.8, 4) is 0 Å². The lowest BCUT2D eigenvalue weighted by atomic mass is 9.93. The Labute approximate surface area is 125 Å². The zero-order chi connectivity index (χ0) is 12.2. The lowest BCUT2D eigenvalue weighted by Crippen LogP contribution is -2.24. The van der Waals surface area contributed by atoms with Crippen LogP contribution in [0.25, 0.3) is 0 Å². The number of hydrogen-bond donors (Lipinski definition) is 1. The first-order valence-corrected chi connectivity index (χ1v) is 8.23. The first-order chi connectivity index (χ1) is 8.43. The highest BCUT2D eigenvalue weighted by Crippen LogP contribution is 2.20. The third-order valence-corrected chi connectivity index (χ3v) is 4.12. The Hall–Kier alpha value is 0.540. The Morgan fingerprint density at radius 3 is 1.67 bits per heavy atom. The van der Waals surface area contributed by atoms with Crippen molar-refractivity contribution < 1.29 is 0 Å². The topological polar surface area (TPSA) is 12.0 Å². The Bertz CT molecular complexity index is 153. The maximum Gasteiger partial charge on any atom is 0.0348 e. The first-order valence-electron chi connectivity index (χ1n) is 7.70. The monoisotopic (exact) mass is 295 g/mol. The fraction of sp³-hybridized carbons (Fsp3) is 1.00. The summed E-state index contributed by atoms with van der Waals surface area (Å²) in [6, 6.07) is 0. The van der Waals surface area contributed by atoms with Crippen molar-refractivity contribution in [1.82, 2.24) is 5.32 Å². The van der Waals surface area contributed by atoms with Gasteiger partial charge in [-0.3, -0.25) is 0 Å². The molecule has 110 valence electrons. The van der Waals surface area contributed by atoms with E-state index in [2.05, 4.69) is 5.32 Å². The first kappa shape index (κ1) is 18.5. The van der Waals surface area contributed by atoms with Crippen molar-refractivity contribution in [2.45, 2.75) is 70.6 Å². The number of rotatable bonds is 4. The molecule has 0 spiro atoms. The molecule has 0 bridgehead atoms. The van der Waals surface area contributed by atoms with Gasteiger partial charge in [0.25, 0.3) is 0 Å². The fourth-order valence-corrected chi connectivity index (χ4v) is 2.96. The van der Waals surface area contributed by atoms with Crippen molar-refractivity contribution in [1.29, 1.82) is 0 Å². The van der Waals surface area contributed by atoms with E-state index in [-0.39, 0.29) is 12.4 Å². The molecule has 0 saturated heterocycles. The van der Waals surface area contributed by atoms with Gasteiger partial charge in [-0.05, 0) is 25.3 Å². The van der Waals surface area contributed by atoms with Gasteiger partial charge >= 0.3 is 0 Å². The standard InChI is InChI=1S/C15H30ClN.ClH/c16-12-13-17-14-15-10-8-6-4-2-1-3-5-7-9-11-15;/h15,17H,1-14H2;1H. The van der Waals surface area contributed by atoms with Crippen LogP contribution in [0.3, 0.4) is 0 Å². The lowest BCUT2D eigenvalue weighted by Gasteiger charge is -2.18. The highest BCUT2D eigenvalue weighted by molar-refractivity contribution is 6.18. The molecule has 1 N–H and O–H groups in total. The van der Waals surface area contributed by atoms with Crippen LogP contribution in [0.2, 0.25) is 0 Å². The minimum Gasteiger partial charge on any atom is -0.315 e. The van der Waals surface area contributed by atoms with Gasteiger partial charge in [-0.25, -0.2) is 0 Å². The Morgan fingerprint density at radius 2 is 1.22 bits per heavy atom. The van der Waals surface area contributed by atoms with Gasteiger partial charge in [-0.15, -0.1) is 24.0 Å². The summed E-state index contributed by atoms with van der Waals surface area (Å²) in [7, 11) is 0. The maximum atomic E-state index is 5.70. The molecule has 1 aliphatic carbocycles. The van der Waals surface area contributed by atoms with Gasteiger partial charge in [0.1, 0.15) is 0 Å². The van der Waals surface area contributed by atoms with Crippen molar-refractivity contribution in [3.63, 3.8) is 0 Å². The van der Waals surface area contributed by atoms with Gasteiger partial charge in [0, 0.05) is 12.4 Å². The van der Waals surface area contributed by atoms with Crippen molar-refractivity contribution in [2.24, 2.45) is 5.92 Å². The summed E-state index contributed by atoms with van der Waals surface area (Å²) < 4.78 is 0. The SMILES string of the molecule is Cl.ClCCNCC1CCCCCCCCCCC1. The molecule has 0 atom stereocenters. The van der Waals surface area contributed by atoms with E-state index in [0.717, 1.165) is 18.3 Å². The van der Waals surface area contributed by atoms with E-state index in [9.17, 15) is 0 Å². The molecule has 0 aliphatic heterocycles. The molecule has 0 aromatic heterocycles. The minimum atomic E-state index is 0. The summed E-state index contributed by atoms with van der Waals surface area (Å²) >= 11 is 5.70. The second kappa shape index (κ2) is 14.0. The Morgan fingerprint density at radius 1 is 0.778 bits per heavy atom. The predicted octanol–water partition coefficient (Wildman–Crippen LogP) is 5.16. The normalized spacial score (nSPS) is 20.5. The zero-order valence-corrected chi connectivity index (χ0v) is 13.3. The third kappa shape index (κ3) is 10.5. The minimum absolute atomic E-state index is 0. The molecule has 1 aliphatic rings. The molecule has 3 heteroatoms. The molecule has 0 heterocycles. The van der Waals surface area contributed by atoms with Gasteiger partial charge in [0.15, 0.2) is 0 Å². The molecule has 1 saturated carbocycles. The zero-order valence-electron chi connectivity index (χ0n) is 11.8. The largest absolute Gasteiger partial charge is 0.315 e. The summed E-state index contributed by atoms with van der Waals surface area (Å²) in [5.74, 6) is 1.64. The van der Waals surface area contributed by atoms with E-state index in [1.807, 2.05) is 0 Å². The molecule has 0 radical (unpaired) electrons. The Balaban J connectivity index is 0.00000289. The van der Waals surface area contributed by atoms with Crippen LogP contribution in [-0.4, -0.2) is 19.0 Å². The quantitative estimate of drug-likeness (QED) is 0.558. The van der Waals surface area contributed by atoms with Gasteiger partial charge in [0.05, 0.1) is 0 Å². The van der Waals surface area contributed by atoms with Crippen LogP contribution in [-0.2, 0) is 0 Å². The molecule has 1 fully saturated rings. The second-order valence-corrected chi connectivity index (χ2v) is 5.90. The van der Waals surface area contributed by atoms with Crippen molar-refractivity contribution >= 4 is 24.0 Å². The van der Waals surface area contributed by atoms with Gasteiger partial charge in [-0.1, -0.05) is 57.8 Å². The van der Waals surface area contributed by atoms with E-state index >= 15 is 0 Å². The van der Waals surface area contributed by atoms with Crippen LogP contribution >= 0.6 is 24.0 Å². The van der Waals surface area contributed by atoms with Crippen LogP contribution in [0.15, 0.2) is 0 Å². The highest BCUT2D eigenvalue weighted by Gasteiger charge is 2.08. The fourth-order valence-electron chi connectivity index (χ4n) is 2.82. The van der Waals surface area contributed by atoms with E-state index in [4.69, 9.17) is 11.6 Å². The van der Waals surface area contributed by atoms with E-state index in [0.29, 0.717) is 0 Å². The molecule has 0 aromatic carbocycles. The van der Waals surface area contributed by atoms with Gasteiger partial charge in [-0.2, -0.15) is 0 Å². The number of nitrogens with one attached hydrogen (secondary N) is 1. The van der Waals surface area contributed by atoms with Gasteiger partial charge < -0.3 is 5.32 Å². The summed E-state index contributed by atoms with van der Waals surface area (Å²) in [5.41, 5.74) is 0. The molecule has 0 unspecified atom stereocenters.